The highest BCUT2D eigenvalue weighted by molar-refractivity contribution is 6.03. The van der Waals surface area contributed by atoms with Crippen LogP contribution < -0.4 is 14.8 Å². The molecule has 1 N–H and O–H groups in total. The third kappa shape index (κ3) is 8.74. The van der Waals surface area contributed by atoms with Crippen LogP contribution in [-0.2, 0) is 20.8 Å². The number of furan rings is 1. The Morgan fingerprint density at radius 2 is 1.80 bits per heavy atom. The standard InChI is InChI=1S/C17H19NO6.C9H11NO2.2C2H6/c1-10-9-23-14-12-5-4-11(17(20)22-3)8-13(12)24-15(14)16(19)18(10)6-7-21-2;1-12-9-5-3-2-4-8(9)6-10-7-11;2*1-2/h4-5,8,10H,6-7,9H2,1-3H3;2-5,7H,6H2,1H3,(H,10,11);2*1-2H3. The van der Waals surface area contributed by atoms with E-state index >= 15 is 0 Å². The van der Waals surface area contributed by atoms with E-state index in [9.17, 15) is 14.4 Å². The summed E-state index contributed by atoms with van der Waals surface area (Å²) in [5.41, 5.74) is 1.75. The van der Waals surface area contributed by atoms with E-state index < -0.39 is 5.97 Å². The number of ether oxygens (including phenoxy) is 4. The molecule has 2 heterocycles. The fraction of sp³-hybridized carbons (Fsp3) is 0.433. The van der Waals surface area contributed by atoms with E-state index in [0.717, 1.165) is 11.3 Å². The number of rotatable bonds is 8. The van der Waals surface area contributed by atoms with Crippen molar-refractivity contribution in [1.29, 1.82) is 0 Å². The van der Waals surface area contributed by atoms with E-state index in [4.69, 9.17) is 23.4 Å². The summed E-state index contributed by atoms with van der Waals surface area (Å²) in [4.78, 5) is 36.1. The van der Waals surface area contributed by atoms with Gasteiger partial charge in [0.1, 0.15) is 17.9 Å². The maximum absolute atomic E-state index is 12.8. The Labute approximate surface area is 236 Å². The molecule has 1 aromatic heterocycles. The van der Waals surface area contributed by atoms with Crippen LogP contribution in [0.2, 0.25) is 0 Å². The van der Waals surface area contributed by atoms with Crippen LogP contribution in [0.3, 0.4) is 0 Å². The van der Waals surface area contributed by atoms with Crippen LogP contribution in [0, 0.1) is 0 Å². The van der Waals surface area contributed by atoms with Gasteiger partial charge in [-0.05, 0) is 31.2 Å². The van der Waals surface area contributed by atoms with Gasteiger partial charge in [-0.15, -0.1) is 0 Å². The van der Waals surface area contributed by atoms with Crippen molar-refractivity contribution < 1.29 is 37.7 Å². The average Bonchev–Trinajstić information content (AvgIpc) is 3.33. The second-order valence-electron chi connectivity index (χ2n) is 7.92. The maximum atomic E-state index is 12.8. The molecule has 0 fully saturated rings. The van der Waals surface area contributed by atoms with Crippen LogP contribution in [0.15, 0.2) is 46.9 Å². The van der Waals surface area contributed by atoms with Gasteiger partial charge >= 0.3 is 5.97 Å². The van der Waals surface area contributed by atoms with Gasteiger partial charge in [0.2, 0.25) is 12.2 Å². The van der Waals surface area contributed by atoms with E-state index in [2.05, 4.69) is 5.32 Å². The number of nitrogens with zero attached hydrogens (tertiary/aromatic N) is 1. The van der Waals surface area contributed by atoms with Gasteiger partial charge in [-0.3, -0.25) is 9.59 Å². The quantitative estimate of drug-likeness (QED) is 0.300. The normalized spacial score (nSPS) is 13.4. The number of hydrogen-bond donors (Lipinski definition) is 1. The summed E-state index contributed by atoms with van der Waals surface area (Å²) in [5, 5.41) is 3.24. The molecule has 3 aromatic rings. The summed E-state index contributed by atoms with van der Waals surface area (Å²) in [6, 6.07) is 12.3. The molecule has 220 valence electrons. The fourth-order valence-corrected chi connectivity index (χ4v) is 3.74. The largest absolute Gasteiger partial charge is 0.496 e. The van der Waals surface area contributed by atoms with Gasteiger partial charge in [0.15, 0.2) is 5.75 Å². The summed E-state index contributed by atoms with van der Waals surface area (Å²) in [7, 11) is 4.51. The first-order chi connectivity index (χ1) is 19.4. The van der Waals surface area contributed by atoms with Crippen molar-refractivity contribution in [2.24, 2.45) is 0 Å². The Kier molecular flexibility index (Phi) is 15.5. The van der Waals surface area contributed by atoms with Gasteiger partial charge in [0.05, 0.1) is 37.8 Å². The molecule has 10 heteroatoms. The zero-order chi connectivity index (χ0) is 30.1. The van der Waals surface area contributed by atoms with E-state index in [1.165, 1.54) is 7.11 Å². The minimum atomic E-state index is -0.467. The predicted molar refractivity (Wildman–Crippen MR) is 154 cm³/mol. The fourth-order valence-electron chi connectivity index (χ4n) is 3.74. The number of methoxy groups -OCH3 is 3. The summed E-state index contributed by atoms with van der Waals surface area (Å²) >= 11 is 0. The van der Waals surface area contributed by atoms with E-state index in [0.29, 0.717) is 55.0 Å². The van der Waals surface area contributed by atoms with Crippen LogP contribution in [0.4, 0.5) is 0 Å². The van der Waals surface area contributed by atoms with Crippen LogP contribution in [0.1, 0.15) is 61.1 Å². The molecule has 0 saturated heterocycles. The number of nitrogens with one attached hydrogen (secondary N) is 1. The first-order valence-corrected chi connectivity index (χ1v) is 13.3. The zero-order valence-corrected chi connectivity index (χ0v) is 24.7. The Morgan fingerprint density at radius 1 is 1.10 bits per heavy atom. The highest BCUT2D eigenvalue weighted by Gasteiger charge is 2.33. The number of carbonyl (C=O) groups is 3. The summed E-state index contributed by atoms with van der Waals surface area (Å²) < 4.78 is 26.4. The molecular formula is C30H42N2O8. The molecular weight excluding hydrogens is 516 g/mol. The second kappa shape index (κ2) is 18.3. The van der Waals surface area contributed by atoms with Gasteiger partial charge in [-0.25, -0.2) is 4.79 Å². The lowest BCUT2D eigenvalue weighted by Gasteiger charge is -2.25. The molecule has 4 rings (SSSR count). The zero-order valence-electron chi connectivity index (χ0n) is 24.7. The molecule has 2 aromatic carbocycles. The van der Waals surface area contributed by atoms with Crippen molar-refractivity contribution in [3.63, 3.8) is 0 Å². The number of hydrogen-bond acceptors (Lipinski definition) is 8. The minimum absolute atomic E-state index is 0.0976. The predicted octanol–water partition coefficient (Wildman–Crippen LogP) is 5.08. The summed E-state index contributed by atoms with van der Waals surface area (Å²) in [5.74, 6) is 0.645. The van der Waals surface area contributed by atoms with Crippen LogP contribution in [-0.4, -0.2) is 70.3 Å². The van der Waals surface area contributed by atoms with E-state index in [1.807, 2.05) is 58.9 Å². The van der Waals surface area contributed by atoms with Crippen molar-refractivity contribution in [3.05, 3.63) is 59.4 Å². The molecule has 1 aliphatic heterocycles. The molecule has 0 radical (unpaired) electrons. The lowest BCUT2D eigenvalue weighted by molar-refractivity contribution is -0.109. The van der Waals surface area contributed by atoms with Gasteiger partial charge in [0, 0.05) is 25.8 Å². The van der Waals surface area contributed by atoms with Crippen molar-refractivity contribution in [2.75, 3.05) is 41.1 Å². The van der Waals surface area contributed by atoms with Crippen molar-refractivity contribution >= 4 is 29.3 Å². The third-order valence-corrected chi connectivity index (χ3v) is 5.63. The van der Waals surface area contributed by atoms with Gasteiger partial charge in [-0.1, -0.05) is 45.9 Å². The number of fused-ring (bicyclic) bond motifs is 3. The van der Waals surface area contributed by atoms with Crippen LogP contribution in [0.25, 0.3) is 11.0 Å². The Hall–Kier alpha value is -4.05. The second-order valence-corrected chi connectivity index (χ2v) is 7.92. The van der Waals surface area contributed by atoms with Crippen LogP contribution >= 0.6 is 0 Å². The monoisotopic (exact) mass is 558 g/mol. The molecule has 1 unspecified atom stereocenters. The highest BCUT2D eigenvalue weighted by atomic mass is 16.5. The Bertz CT molecular complexity index is 1210. The lowest BCUT2D eigenvalue weighted by atomic mass is 10.1. The van der Waals surface area contributed by atoms with Gasteiger partial charge < -0.3 is 33.6 Å². The summed E-state index contributed by atoms with van der Waals surface area (Å²) in [6.45, 7) is 11.7. The minimum Gasteiger partial charge on any atom is -0.496 e. The molecule has 2 amide bonds. The number of para-hydroxylation sites is 1. The van der Waals surface area contributed by atoms with Crippen LogP contribution in [0.5, 0.6) is 11.5 Å². The third-order valence-electron chi connectivity index (χ3n) is 5.63. The molecule has 10 nitrogen and oxygen atoms in total. The SMILES string of the molecule is CC.CC.COCCN1C(=O)c2oc3cc(C(=O)OC)ccc3c2OCC1C.COc1ccccc1CNC=O. The molecule has 1 aliphatic rings. The topological polar surface area (TPSA) is 117 Å². The molecule has 40 heavy (non-hydrogen) atoms. The van der Waals surface area contributed by atoms with Gasteiger partial charge in [-0.2, -0.15) is 0 Å². The molecule has 0 spiro atoms. The summed E-state index contributed by atoms with van der Waals surface area (Å²) in [6.07, 6.45) is 0.673. The highest BCUT2D eigenvalue weighted by Crippen LogP contribution is 2.36. The molecule has 0 bridgehead atoms. The number of amides is 2. The molecule has 1 atom stereocenters. The van der Waals surface area contributed by atoms with Gasteiger partial charge in [0.25, 0.3) is 5.91 Å². The number of benzene rings is 2. The molecule has 0 saturated carbocycles. The van der Waals surface area contributed by atoms with Crippen molar-refractivity contribution in [3.8, 4) is 11.5 Å². The van der Waals surface area contributed by atoms with Crippen molar-refractivity contribution in [1.82, 2.24) is 10.2 Å². The first kappa shape index (κ1) is 34.0. The molecule has 0 aliphatic carbocycles. The average molecular weight is 559 g/mol. The number of esters is 1. The maximum Gasteiger partial charge on any atom is 0.337 e. The lowest BCUT2D eigenvalue weighted by Crippen LogP contribution is -2.41. The van der Waals surface area contributed by atoms with E-state index in [1.54, 1.807) is 37.3 Å². The Morgan fingerprint density at radius 3 is 2.42 bits per heavy atom. The van der Waals surface area contributed by atoms with Crippen molar-refractivity contribution in [2.45, 2.75) is 47.2 Å². The van der Waals surface area contributed by atoms with E-state index in [-0.39, 0.29) is 17.7 Å². The number of carbonyl (C=O) groups excluding carboxylic acids is 3. The first-order valence-electron chi connectivity index (χ1n) is 13.3. The smallest absolute Gasteiger partial charge is 0.337 e. The Balaban J connectivity index is 0.000000421.